The largest absolute Gasteiger partial charge is 0.463 e. The Bertz CT molecular complexity index is 976. The molecule has 2 aromatic carbocycles. The molecule has 0 saturated carbocycles. The van der Waals surface area contributed by atoms with E-state index in [9.17, 15) is 13.8 Å². The molecular weight excluding hydrogens is 418 g/mol. The molecule has 31 heavy (non-hydrogen) atoms. The first-order valence-corrected chi connectivity index (χ1v) is 11.1. The molecule has 9 heteroatoms. The molecule has 2 atom stereocenters. The van der Waals surface area contributed by atoms with Crippen molar-refractivity contribution in [1.29, 1.82) is 0 Å². The molecule has 1 amide bonds. The fourth-order valence-electron chi connectivity index (χ4n) is 3.43. The van der Waals surface area contributed by atoms with Crippen LogP contribution in [0.25, 0.3) is 0 Å². The number of amides is 1. The van der Waals surface area contributed by atoms with Gasteiger partial charge in [-0.2, -0.15) is 0 Å². The third kappa shape index (κ3) is 6.16. The van der Waals surface area contributed by atoms with Crippen LogP contribution >= 0.6 is 0 Å². The van der Waals surface area contributed by atoms with Crippen LogP contribution in [0.15, 0.2) is 65.9 Å². The summed E-state index contributed by atoms with van der Waals surface area (Å²) in [4.78, 5) is 25.5. The highest BCUT2D eigenvalue weighted by Gasteiger charge is 2.29. The fourth-order valence-corrected chi connectivity index (χ4v) is 3.77. The van der Waals surface area contributed by atoms with Gasteiger partial charge in [-0.05, 0) is 62.6 Å². The van der Waals surface area contributed by atoms with Gasteiger partial charge in [-0.25, -0.2) is 9.00 Å². The Morgan fingerprint density at radius 3 is 2.45 bits per heavy atom. The van der Waals surface area contributed by atoms with Gasteiger partial charge in [0, 0.05) is 16.9 Å². The van der Waals surface area contributed by atoms with Crippen LogP contribution < -0.4 is 15.4 Å². The second kappa shape index (κ2) is 10.7. The van der Waals surface area contributed by atoms with Crippen molar-refractivity contribution >= 4 is 34.5 Å². The van der Waals surface area contributed by atoms with Crippen LogP contribution in [0.2, 0.25) is 0 Å². The number of ether oxygens (including phenoxy) is 1. The Labute approximate surface area is 183 Å². The molecule has 0 aliphatic heterocycles. The molecule has 0 saturated heterocycles. The van der Waals surface area contributed by atoms with Gasteiger partial charge >= 0.3 is 5.97 Å². The molecule has 0 aromatic heterocycles. The molecule has 2 aromatic rings. The second-order valence-electron chi connectivity index (χ2n) is 6.95. The number of benzene rings is 2. The van der Waals surface area contributed by atoms with E-state index in [1.54, 1.807) is 6.92 Å². The van der Waals surface area contributed by atoms with Gasteiger partial charge in [-0.3, -0.25) is 14.1 Å². The molecule has 164 valence electrons. The minimum absolute atomic E-state index is 0.251. The van der Waals surface area contributed by atoms with Gasteiger partial charge in [0.05, 0.1) is 23.9 Å². The number of nitrogens with one attached hydrogen (secondary N) is 3. The molecule has 8 nitrogen and oxygen atoms in total. The summed E-state index contributed by atoms with van der Waals surface area (Å²) in [5.74, 6) is -0.808. The van der Waals surface area contributed by atoms with Crippen LogP contribution in [0.4, 0.5) is 11.4 Å². The molecule has 0 bridgehead atoms. The monoisotopic (exact) mass is 443 g/mol. The van der Waals surface area contributed by atoms with Gasteiger partial charge in [-0.15, -0.1) is 0 Å². The Hall–Kier alpha value is -3.17. The minimum Gasteiger partial charge on any atom is -0.463 e. The molecule has 0 fully saturated rings. The van der Waals surface area contributed by atoms with Gasteiger partial charge in [0.15, 0.2) is 0 Å². The van der Waals surface area contributed by atoms with Crippen LogP contribution in [0, 0.1) is 0 Å². The highest BCUT2D eigenvalue weighted by Crippen LogP contribution is 2.28. The summed E-state index contributed by atoms with van der Waals surface area (Å²) < 4.78 is 27.3. The summed E-state index contributed by atoms with van der Waals surface area (Å²) in [5.41, 5.74) is 2.62. The second-order valence-corrected chi connectivity index (χ2v) is 7.65. The maximum atomic E-state index is 12.9. The van der Waals surface area contributed by atoms with E-state index < -0.39 is 17.2 Å². The quantitative estimate of drug-likeness (QED) is 0.367. The third-order valence-corrected chi connectivity index (χ3v) is 5.24. The Balaban J connectivity index is 1.85. The van der Waals surface area contributed by atoms with Crippen LogP contribution in [-0.2, 0) is 20.8 Å². The van der Waals surface area contributed by atoms with Gasteiger partial charge in [0.1, 0.15) is 0 Å². The molecule has 1 aliphatic carbocycles. The molecule has 0 radical (unpaired) electrons. The third-order valence-electron chi connectivity index (χ3n) is 4.83. The number of hydrogen-bond acceptors (Lipinski definition) is 5. The number of hydrogen-bond donors (Lipinski definition) is 4. The number of carbonyl (C=O) groups is 2. The van der Waals surface area contributed by atoms with E-state index in [1.165, 1.54) is 24.3 Å². The highest BCUT2D eigenvalue weighted by molar-refractivity contribution is 7.80. The number of anilines is 2. The predicted molar refractivity (Wildman–Crippen MR) is 120 cm³/mol. The summed E-state index contributed by atoms with van der Waals surface area (Å²) in [7, 11) is 0. The van der Waals surface area contributed by atoms with Crippen molar-refractivity contribution in [3.63, 3.8) is 0 Å². The summed E-state index contributed by atoms with van der Waals surface area (Å²) in [6, 6.07) is 15.5. The summed E-state index contributed by atoms with van der Waals surface area (Å²) in [5, 5.41) is 6.30. The van der Waals surface area contributed by atoms with Crippen molar-refractivity contribution in [1.82, 2.24) is 5.32 Å². The molecule has 0 heterocycles. The lowest BCUT2D eigenvalue weighted by Gasteiger charge is -2.29. The molecular formula is C22H25N3O5S. The van der Waals surface area contributed by atoms with E-state index in [-0.39, 0.29) is 18.6 Å². The average Bonchev–Trinajstić information content (AvgIpc) is 2.76. The van der Waals surface area contributed by atoms with Crippen molar-refractivity contribution in [2.45, 2.75) is 32.2 Å². The van der Waals surface area contributed by atoms with E-state index in [1.807, 2.05) is 30.3 Å². The van der Waals surface area contributed by atoms with Crippen LogP contribution in [0.3, 0.4) is 0 Å². The fraction of sp³-hybridized carbons (Fsp3) is 0.273. The Morgan fingerprint density at radius 2 is 1.81 bits per heavy atom. The van der Waals surface area contributed by atoms with Crippen molar-refractivity contribution in [2.75, 3.05) is 16.6 Å². The lowest BCUT2D eigenvalue weighted by molar-refractivity contribution is -0.138. The zero-order chi connectivity index (χ0) is 22.2. The van der Waals surface area contributed by atoms with Crippen molar-refractivity contribution < 1.29 is 23.1 Å². The predicted octanol–water partition coefficient (Wildman–Crippen LogP) is 3.45. The van der Waals surface area contributed by atoms with Gasteiger partial charge in [0.25, 0.3) is 17.2 Å². The topological polar surface area (TPSA) is 117 Å². The normalized spacial score (nSPS) is 16.9. The lowest BCUT2D eigenvalue weighted by Crippen LogP contribution is -2.39. The van der Waals surface area contributed by atoms with E-state index in [0.29, 0.717) is 28.9 Å². The Kier molecular flexibility index (Phi) is 7.80. The summed E-state index contributed by atoms with van der Waals surface area (Å²) >= 11 is -2.19. The number of esters is 1. The molecule has 3 rings (SSSR count). The molecule has 1 aliphatic rings. The van der Waals surface area contributed by atoms with Crippen molar-refractivity contribution in [3.05, 3.63) is 71.4 Å². The first-order valence-electron chi connectivity index (χ1n) is 9.98. The molecule has 2 unspecified atom stereocenters. The van der Waals surface area contributed by atoms with Gasteiger partial charge < -0.3 is 15.4 Å². The number of carbonyl (C=O) groups excluding carboxylic acids is 2. The highest BCUT2D eigenvalue weighted by atomic mass is 32.2. The molecule has 0 spiro atoms. The lowest BCUT2D eigenvalue weighted by atomic mass is 9.91. The minimum atomic E-state index is -2.19. The first-order chi connectivity index (χ1) is 15.0. The zero-order valence-electron chi connectivity index (χ0n) is 17.1. The van der Waals surface area contributed by atoms with Crippen LogP contribution in [-0.4, -0.2) is 33.3 Å². The standard InChI is InChI=1S/C22H25N3O5S/c1-2-30-22(27)18-9-6-10-19(23-16-7-4-3-5-8-16)20(18)24-21(26)15-11-13-17(14-12-15)25-31(28)29/h3-5,7-8,11-14,19,23,25H,2,6,9-10H2,1H3,(H,24,26)(H,28,29). The Morgan fingerprint density at radius 1 is 1.10 bits per heavy atom. The summed E-state index contributed by atoms with van der Waals surface area (Å²) in [6.07, 6.45) is 2.06. The maximum absolute atomic E-state index is 12.9. The number of rotatable bonds is 8. The van der Waals surface area contributed by atoms with E-state index in [0.717, 1.165) is 18.5 Å². The van der Waals surface area contributed by atoms with E-state index in [4.69, 9.17) is 9.29 Å². The smallest absolute Gasteiger partial charge is 0.335 e. The van der Waals surface area contributed by atoms with Gasteiger partial charge in [-0.1, -0.05) is 18.2 Å². The van der Waals surface area contributed by atoms with Crippen molar-refractivity contribution in [2.24, 2.45) is 0 Å². The first kappa shape index (κ1) is 22.5. The van der Waals surface area contributed by atoms with Gasteiger partial charge in [0.2, 0.25) is 0 Å². The average molecular weight is 444 g/mol. The van der Waals surface area contributed by atoms with E-state index >= 15 is 0 Å². The van der Waals surface area contributed by atoms with Crippen LogP contribution in [0.1, 0.15) is 36.5 Å². The van der Waals surface area contributed by atoms with Crippen LogP contribution in [0.5, 0.6) is 0 Å². The molecule has 4 N–H and O–H groups in total. The zero-order valence-corrected chi connectivity index (χ0v) is 17.9. The summed E-state index contributed by atoms with van der Waals surface area (Å²) in [6.45, 7) is 2.00. The van der Waals surface area contributed by atoms with Crippen molar-refractivity contribution in [3.8, 4) is 0 Å². The number of para-hydroxylation sites is 1. The maximum Gasteiger partial charge on any atom is 0.335 e. The SMILES string of the molecule is CCOC(=O)C1=C(NC(=O)c2ccc(NS(=O)O)cc2)C(Nc2ccccc2)CCC1. The van der Waals surface area contributed by atoms with E-state index in [2.05, 4.69) is 15.4 Å².